The summed E-state index contributed by atoms with van der Waals surface area (Å²) in [6, 6.07) is 12.6. The van der Waals surface area contributed by atoms with Crippen LogP contribution in [0.3, 0.4) is 0 Å². The third kappa shape index (κ3) is 4.45. The molecule has 3 nitrogen and oxygen atoms in total. The van der Waals surface area contributed by atoms with Gasteiger partial charge in [-0.05, 0) is 45.8 Å². The number of nitrogens with zero attached hydrogens (tertiary/aromatic N) is 2. The van der Waals surface area contributed by atoms with Crippen molar-refractivity contribution in [3.05, 3.63) is 69.7 Å². The van der Waals surface area contributed by atoms with Crippen molar-refractivity contribution in [2.24, 2.45) is 0 Å². The van der Waals surface area contributed by atoms with Gasteiger partial charge < -0.3 is 4.90 Å². The molecule has 138 valence electrons. The fourth-order valence-electron chi connectivity index (χ4n) is 2.97. The van der Waals surface area contributed by atoms with Crippen LogP contribution in [0.1, 0.15) is 21.5 Å². The van der Waals surface area contributed by atoms with E-state index < -0.39 is 11.7 Å². The third-order valence-electron chi connectivity index (χ3n) is 4.45. The number of rotatable bonds is 3. The number of alkyl halides is 3. The second-order valence-corrected chi connectivity index (χ2v) is 7.10. The monoisotopic (exact) mass is 426 g/mol. The van der Waals surface area contributed by atoms with E-state index in [1.807, 2.05) is 23.1 Å². The Balaban J connectivity index is 1.56. The number of halogens is 4. The molecular weight excluding hydrogens is 409 g/mol. The molecule has 1 fully saturated rings. The van der Waals surface area contributed by atoms with Crippen molar-refractivity contribution in [3.63, 3.8) is 0 Å². The van der Waals surface area contributed by atoms with Crippen LogP contribution in [-0.2, 0) is 12.7 Å². The number of carbonyl (C=O) groups excluding carboxylic acids is 1. The number of hydrogen-bond acceptors (Lipinski definition) is 2. The molecule has 1 heterocycles. The molecule has 1 aliphatic rings. The van der Waals surface area contributed by atoms with E-state index in [0.29, 0.717) is 38.3 Å². The van der Waals surface area contributed by atoms with Crippen LogP contribution >= 0.6 is 15.9 Å². The number of amides is 1. The average Bonchev–Trinajstić information content (AvgIpc) is 2.62. The van der Waals surface area contributed by atoms with Crippen molar-refractivity contribution in [1.82, 2.24) is 9.80 Å². The van der Waals surface area contributed by atoms with Gasteiger partial charge in [-0.25, -0.2) is 0 Å². The molecule has 0 spiro atoms. The summed E-state index contributed by atoms with van der Waals surface area (Å²) in [5.74, 6) is -0.00773. The summed E-state index contributed by atoms with van der Waals surface area (Å²) < 4.78 is 38.6. The van der Waals surface area contributed by atoms with Crippen molar-refractivity contribution in [1.29, 1.82) is 0 Å². The lowest BCUT2D eigenvalue weighted by atomic mass is 10.1. The smallest absolute Gasteiger partial charge is 0.336 e. The van der Waals surface area contributed by atoms with Crippen LogP contribution in [0.2, 0.25) is 0 Å². The maximum absolute atomic E-state index is 12.6. The molecule has 7 heteroatoms. The van der Waals surface area contributed by atoms with Crippen LogP contribution in [0.4, 0.5) is 13.2 Å². The normalized spacial score (nSPS) is 15.9. The quantitative estimate of drug-likeness (QED) is 0.724. The zero-order valence-corrected chi connectivity index (χ0v) is 15.6. The van der Waals surface area contributed by atoms with Crippen LogP contribution in [0, 0.1) is 0 Å². The fraction of sp³-hybridized carbons (Fsp3) is 0.316. The molecule has 1 amide bonds. The highest BCUT2D eigenvalue weighted by Gasteiger charge is 2.30. The molecule has 3 rings (SSSR count). The van der Waals surface area contributed by atoms with E-state index in [2.05, 4.69) is 20.8 Å². The second-order valence-electron chi connectivity index (χ2n) is 6.24. The molecule has 0 aliphatic carbocycles. The summed E-state index contributed by atoms with van der Waals surface area (Å²) in [5.41, 5.74) is 0.845. The number of piperazine rings is 1. The zero-order valence-electron chi connectivity index (χ0n) is 14.0. The molecule has 2 aromatic carbocycles. The highest BCUT2D eigenvalue weighted by Crippen LogP contribution is 2.29. The van der Waals surface area contributed by atoms with Gasteiger partial charge in [-0.1, -0.05) is 24.3 Å². The molecule has 0 bridgehead atoms. The summed E-state index contributed by atoms with van der Waals surface area (Å²) in [5, 5.41) is 0. The van der Waals surface area contributed by atoms with Crippen LogP contribution in [-0.4, -0.2) is 41.9 Å². The first-order valence-electron chi connectivity index (χ1n) is 8.27. The third-order valence-corrected chi connectivity index (χ3v) is 5.14. The predicted molar refractivity (Wildman–Crippen MR) is 96.8 cm³/mol. The van der Waals surface area contributed by atoms with Crippen LogP contribution < -0.4 is 0 Å². The summed E-state index contributed by atoms with van der Waals surface area (Å²) in [6.07, 6.45) is -4.31. The van der Waals surface area contributed by atoms with Crippen molar-refractivity contribution in [2.75, 3.05) is 26.2 Å². The highest BCUT2D eigenvalue weighted by atomic mass is 79.9. The molecule has 2 aromatic rings. The Kier molecular flexibility index (Phi) is 5.67. The first-order chi connectivity index (χ1) is 12.3. The maximum Gasteiger partial charge on any atom is 0.416 e. The maximum atomic E-state index is 12.6. The summed E-state index contributed by atoms with van der Waals surface area (Å²) in [7, 11) is 0. The fourth-order valence-corrected chi connectivity index (χ4v) is 3.43. The molecule has 0 N–H and O–H groups in total. The molecule has 26 heavy (non-hydrogen) atoms. The SMILES string of the molecule is O=C(c1ccccc1Br)N1CCN(Cc2ccc(C(F)(F)F)cc2)CC1. The van der Waals surface area contributed by atoms with E-state index >= 15 is 0 Å². The average molecular weight is 427 g/mol. The number of benzene rings is 2. The van der Waals surface area contributed by atoms with Gasteiger partial charge in [0.05, 0.1) is 11.1 Å². The summed E-state index contributed by atoms with van der Waals surface area (Å²) in [6.45, 7) is 3.16. The standard InChI is InChI=1S/C19H18BrF3N2O/c20-17-4-2-1-3-16(17)18(26)25-11-9-24(10-12-25)13-14-5-7-15(8-6-14)19(21,22)23/h1-8H,9-13H2. The van der Waals surface area contributed by atoms with Crippen molar-refractivity contribution < 1.29 is 18.0 Å². The van der Waals surface area contributed by atoms with E-state index in [-0.39, 0.29) is 5.91 Å². The van der Waals surface area contributed by atoms with Crippen molar-refractivity contribution >= 4 is 21.8 Å². The molecule has 0 unspecified atom stereocenters. The van der Waals surface area contributed by atoms with Gasteiger partial charge in [-0.3, -0.25) is 9.69 Å². The molecular formula is C19H18BrF3N2O. The van der Waals surface area contributed by atoms with Crippen molar-refractivity contribution in [2.45, 2.75) is 12.7 Å². The van der Waals surface area contributed by atoms with E-state index in [0.717, 1.165) is 22.2 Å². The first-order valence-corrected chi connectivity index (χ1v) is 9.06. The van der Waals surface area contributed by atoms with Crippen LogP contribution in [0.15, 0.2) is 53.0 Å². The minimum absolute atomic E-state index is 0.00773. The van der Waals surface area contributed by atoms with Gasteiger partial charge in [0.2, 0.25) is 0 Å². The van der Waals surface area contributed by atoms with Gasteiger partial charge in [0.15, 0.2) is 0 Å². The van der Waals surface area contributed by atoms with E-state index in [9.17, 15) is 18.0 Å². The molecule has 0 aromatic heterocycles. The lowest BCUT2D eigenvalue weighted by Crippen LogP contribution is -2.48. The summed E-state index contributed by atoms with van der Waals surface area (Å²) >= 11 is 3.40. The largest absolute Gasteiger partial charge is 0.416 e. The topological polar surface area (TPSA) is 23.6 Å². The molecule has 1 aliphatic heterocycles. The van der Waals surface area contributed by atoms with E-state index in [4.69, 9.17) is 0 Å². The zero-order chi connectivity index (χ0) is 18.7. The Morgan fingerprint density at radius 1 is 0.962 bits per heavy atom. The number of carbonyl (C=O) groups is 1. The Morgan fingerprint density at radius 3 is 2.15 bits per heavy atom. The van der Waals surface area contributed by atoms with Gasteiger partial charge in [0.25, 0.3) is 5.91 Å². The lowest BCUT2D eigenvalue weighted by molar-refractivity contribution is -0.137. The molecule has 0 saturated carbocycles. The van der Waals surface area contributed by atoms with E-state index in [1.165, 1.54) is 12.1 Å². The van der Waals surface area contributed by atoms with Gasteiger partial charge >= 0.3 is 6.18 Å². The van der Waals surface area contributed by atoms with Gasteiger partial charge in [0, 0.05) is 37.2 Å². The van der Waals surface area contributed by atoms with Crippen LogP contribution in [0.25, 0.3) is 0 Å². The van der Waals surface area contributed by atoms with Crippen LogP contribution in [0.5, 0.6) is 0 Å². The Bertz CT molecular complexity index is 769. The molecule has 1 saturated heterocycles. The summed E-state index contributed by atoms with van der Waals surface area (Å²) in [4.78, 5) is 16.5. The minimum Gasteiger partial charge on any atom is -0.336 e. The van der Waals surface area contributed by atoms with Crippen molar-refractivity contribution in [3.8, 4) is 0 Å². The van der Waals surface area contributed by atoms with Gasteiger partial charge in [-0.2, -0.15) is 13.2 Å². The lowest BCUT2D eigenvalue weighted by Gasteiger charge is -2.35. The number of hydrogen-bond donors (Lipinski definition) is 0. The highest BCUT2D eigenvalue weighted by molar-refractivity contribution is 9.10. The molecule has 0 radical (unpaired) electrons. The Labute approximate surface area is 158 Å². The Morgan fingerprint density at radius 2 is 1.58 bits per heavy atom. The van der Waals surface area contributed by atoms with Gasteiger partial charge in [-0.15, -0.1) is 0 Å². The van der Waals surface area contributed by atoms with Gasteiger partial charge in [0.1, 0.15) is 0 Å². The molecule has 0 atom stereocenters. The Hall–Kier alpha value is -1.86. The van der Waals surface area contributed by atoms with E-state index in [1.54, 1.807) is 6.07 Å². The minimum atomic E-state index is -4.31. The second kappa shape index (κ2) is 7.80. The predicted octanol–water partition coefficient (Wildman–Crippen LogP) is 4.43. The first kappa shape index (κ1) is 18.9.